The minimum absolute atomic E-state index is 0.0687. The van der Waals surface area contributed by atoms with Gasteiger partial charge >= 0.3 is 6.18 Å². The zero-order valence-corrected chi connectivity index (χ0v) is 13.9. The first-order chi connectivity index (χ1) is 11.9. The number of fused-ring (bicyclic) bond motifs is 1. The van der Waals surface area contributed by atoms with Crippen LogP contribution >= 0.6 is 11.3 Å². The molecule has 8 heteroatoms. The number of para-hydroxylation sites is 1. The Hall–Kier alpha value is -2.61. The molecule has 0 saturated heterocycles. The largest absolute Gasteiger partial charge is 0.497 e. The van der Waals surface area contributed by atoms with Gasteiger partial charge < -0.3 is 10.1 Å². The first-order valence-electron chi connectivity index (χ1n) is 7.26. The van der Waals surface area contributed by atoms with Gasteiger partial charge in [0, 0.05) is 0 Å². The maximum absolute atomic E-state index is 13.0. The molecule has 0 unspecified atom stereocenters. The molecule has 0 bridgehead atoms. The van der Waals surface area contributed by atoms with E-state index in [0.29, 0.717) is 10.4 Å². The maximum Gasteiger partial charge on any atom is 0.418 e. The number of nitrogens with one attached hydrogen (secondary N) is 1. The number of hydrogen-bond donors (Lipinski definition) is 1. The van der Waals surface area contributed by atoms with Crippen LogP contribution < -0.4 is 10.1 Å². The second kappa shape index (κ2) is 6.72. The summed E-state index contributed by atoms with van der Waals surface area (Å²) in [5.74, 6) is 0.265. The number of hydrogen-bond acceptors (Lipinski definition) is 4. The van der Waals surface area contributed by atoms with Crippen molar-refractivity contribution in [1.29, 1.82) is 0 Å². The van der Waals surface area contributed by atoms with Crippen molar-refractivity contribution in [3.05, 3.63) is 53.6 Å². The summed E-state index contributed by atoms with van der Waals surface area (Å²) in [6, 6.07) is 10.8. The summed E-state index contributed by atoms with van der Waals surface area (Å²) < 4.78 is 44.5. The molecule has 1 heterocycles. The molecule has 4 nitrogen and oxygen atoms in total. The summed E-state index contributed by atoms with van der Waals surface area (Å²) in [5, 5.41) is 2.69. The lowest BCUT2D eigenvalue weighted by Gasteiger charge is -2.06. The van der Waals surface area contributed by atoms with E-state index in [2.05, 4.69) is 10.3 Å². The van der Waals surface area contributed by atoms with Crippen molar-refractivity contribution < 1.29 is 22.7 Å². The molecule has 3 rings (SSSR count). The third-order valence-electron chi connectivity index (χ3n) is 3.47. The summed E-state index contributed by atoms with van der Waals surface area (Å²) in [5.41, 5.74) is -0.236. The molecule has 0 fully saturated rings. The second-order valence-corrected chi connectivity index (χ2v) is 6.28. The highest BCUT2D eigenvalue weighted by molar-refractivity contribution is 7.22. The number of carbonyl (C=O) groups is 1. The van der Waals surface area contributed by atoms with Crippen molar-refractivity contribution in [2.24, 2.45) is 0 Å². The molecule has 0 atom stereocenters. The Kier molecular flexibility index (Phi) is 4.63. The van der Waals surface area contributed by atoms with Gasteiger partial charge in [0.15, 0.2) is 5.13 Å². The number of rotatable bonds is 4. The third kappa shape index (κ3) is 3.90. The number of carbonyl (C=O) groups excluding carboxylic acids is 1. The smallest absolute Gasteiger partial charge is 0.418 e. The number of anilines is 1. The molecule has 0 aliphatic heterocycles. The van der Waals surface area contributed by atoms with E-state index in [0.717, 1.165) is 23.0 Å². The van der Waals surface area contributed by atoms with Gasteiger partial charge in [0.05, 0.1) is 29.3 Å². The van der Waals surface area contributed by atoms with Crippen LogP contribution in [-0.4, -0.2) is 18.0 Å². The molecule has 1 N–H and O–H groups in total. The number of benzene rings is 2. The highest BCUT2D eigenvalue weighted by atomic mass is 32.1. The van der Waals surface area contributed by atoms with Crippen LogP contribution in [0.1, 0.15) is 11.1 Å². The van der Waals surface area contributed by atoms with E-state index >= 15 is 0 Å². The SMILES string of the molecule is COc1cccc(CC(=O)Nc2nc3c(C(F)(F)F)cccc3s2)c1. The average molecular weight is 366 g/mol. The highest BCUT2D eigenvalue weighted by Gasteiger charge is 2.33. The Morgan fingerprint density at radius 2 is 2.00 bits per heavy atom. The predicted octanol–water partition coefficient (Wildman–Crippen LogP) is 4.50. The van der Waals surface area contributed by atoms with Gasteiger partial charge in [-0.1, -0.05) is 29.5 Å². The van der Waals surface area contributed by atoms with E-state index in [1.165, 1.54) is 13.2 Å². The molecule has 3 aromatic rings. The van der Waals surface area contributed by atoms with E-state index in [1.54, 1.807) is 30.3 Å². The number of thiazole rings is 1. The van der Waals surface area contributed by atoms with Crippen molar-refractivity contribution >= 4 is 32.6 Å². The molecule has 1 amide bonds. The van der Waals surface area contributed by atoms with Crippen LogP contribution in [0.5, 0.6) is 5.75 Å². The predicted molar refractivity (Wildman–Crippen MR) is 89.9 cm³/mol. The van der Waals surface area contributed by atoms with E-state index < -0.39 is 11.7 Å². The monoisotopic (exact) mass is 366 g/mol. The van der Waals surface area contributed by atoms with Gasteiger partial charge in [-0.15, -0.1) is 0 Å². The fraction of sp³-hybridized carbons (Fsp3) is 0.176. The third-order valence-corrected chi connectivity index (χ3v) is 4.41. The van der Waals surface area contributed by atoms with E-state index in [-0.39, 0.29) is 23.0 Å². The summed E-state index contributed by atoms with van der Waals surface area (Å²) >= 11 is 1.01. The van der Waals surface area contributed by atoms with Gasteiger partial charge in [-0.25, -0.2) is 4.98 Å². The minimum Gasteiger partial charge on any atom is -0.497 e. The van der Waals surface area contributed by atoms with Gasteiger partial charge in [-0.3, -0.25) is 4.79 Å². The molecule has 0 saturated carbocycles. The number of alkyl halides is 3. The topological polar surface area (TPSA) is 51.2 Å². The van der Waals surface area contributed by atoms with Crippen molar-refractivity contribution in [3.63, 3.8) is 0 Å². The van der Waals surface area contributed by atoms with Crippen LogP contribution in [0.25, 0.3) is 10.2 Å². The minimum atomic E-state index is -4.49. The molecule has 130 valence electrons. The zero-order valence-electron chi connectivity index (χ0n) is 13.1. The maximum atomic E-state index is 13.0. The Morgan fingerprint density at radius 3 is 2.72 bits per heavy atom. The van der Waals surface area contributed by atoms with Crippen LogP contribution in [-0.2, 0) is 17.4 Å². The molecule has 0 aliphatic rings. The van der Waals surface area contributed by atoms with Crippen molar-refractivity contribution in [2.75, 3.05) is 12.4 Å². The van der Waals surface area contributed by atoms with Crippen LogP contribution in [0.3, 0.4) is 0 Å². The lowest BCUT2D eigenvalue weighted by atomic mass is 10.1. The van der Waals surface area contributed by atoms with E-state index in [4.69, 9.17) is 4.74 Å². The molecular formula is C17H13F3N2O2S. The lowest BCUT2D eigenvalue weighted by molar-refractivity contribution is -0.136. The van der Waals surface area contributed by atoms with Gasteiger partial charge in [0.1, 0.15) is 5.75 Å². The van der Waals surface area contributed by atoms with Crippen LogP contribution in [0.2, 0.25) is 0 Å². The standard InChI is InChI=1S/C17H13F3N2O2S/c1-24-11-5-2-4-10(8-11)9-14(23)21-16-22-15-12(17(18,19)20)6-3-7-13(15)25-16/h2-8H,9H2,1H3,(H,21,22,23). The normalized spacial score (nSPS) is 11.5. The Balaban J connectivity index is 1.79. The molecule has 0 radical (unpaired) electrons. The molecule has 0 spiro atoms. The fourth-order valence-electron chi connectivity index (χ4n) is 2.36. The van der Waals surface area contributed by atoms with Crippen LogP contribution in [0, 0.1) is 0 Å². The van der Waals surface area contributed by atoms with E-state index in [1.807, 2.05) is 0 Å². The number of amides is 1. The number of aromatic nitrogens is 1. The summed E-state index contributed by atoms with van der Waals surface area (Å²) in [6.45, 7) is 0. The first kappa shape index (κ1) is 17.2. The fourth-order valence-corrected chi connectivity index (χ4v) is 3.27. The first-order valence-corrected chi connectivity index (χ1v) is 8.08. The lowest BCUT2D eigenvalue weighted by Crippen LogP contribution is -2.14. The summed E-state index contributed by atoms with van der Waals surface area (Å²) in [7, 11) is 1.53. The van der Waals surface area contributed by atoms with Crippen LogP contribution in [0.4, 0.5) is 18.3 Å². The second-order valence-electron chi connectivity index (χ2n) is 5.25. The molecule has 0 aliphatic carbocycles. The van der Waals surface area contributed by atoms with E-state index in [9.17, 15) is 18.0 Å². The number of ether oxygens (including phenoxy) is 1. The number of nitrogens with zero attached hydrogens (tertiary/aromatic N) is 1. The zero-order chi connectivity index (χ0) is 18.0. The van der Waals surface area contributed by atoms with Crippen LogP contribution in [0.15, 0.2) is 42.5 Å². The van der Waals surface area contributed by atoms with Crippen molar-refractivity contribution in [3.8, 4) is 5.75 Å². The highest BCUT2D eigenvalue weighted by Crippen LogP contribution is 2.37. The molecule has 1 aromatic heterocycles. The van der Waals surface area contributed by atoms with Gasteiger partial charge in [0.2, 0.25) is 5.91 Å². The van der Waals surface area contributed by atoms with Gasteiger partial charge in [-0.05, 0) is 29.8 Å². The van der Waals surface area contributed by atoms with Gasteiger partial charge in [0.25, 0.3) is 0 Å². The van der Waals surface area contributed by atoms with Crippen molar-refractivity contribution in [2.45, 2.75) is 12.6 Å². The Labute approximate surface area is 145 Å². The molecule has 2 aromatic carbocycles. The average Bonchev–Trinajstić information content (AvgIpc) is 2.95. The Morgan fingerprint density at radius 1 is 1.24 bits per heavy atom. The molecular weight excluding hydrogens is 353 g/mol. The van der Waals surface area contributed by atoms with Crippen molar-refractivity contribution in [1.82, 2.24) is 4.98 Å². The summed E-state index contributed by atoms with van der Waals surface area (Å²) in [6.07, 6.45) is -4.42. The molecule has 25 heavy (non-hydrogen) atoms. The Bertz CT molecular complexity index is 922. The summed E-state index contributed by atoms with van der Waals surface area (Å²) in [4.78, 5) is 16.1. The number of halogens is 3. The number of methoxy groups -OCH3 is 1. The van der Waals surface area contributed by atoms with Gasteiger partial charge in [-0.2, -0.15) is 13.2 Å². The quantitative estimate of drug-likeness (QED) is 0.739.